The lowest BCUT2D eigenvalue weighted by molar-refractivity contribution is -0.318. The van der Waals surface area contributed by atoms with E-state index in [1.54, 1.807) is 72.5 Å². The third-order valence-corrected chi connectivity index (χ3v) is 16.1. The van der Waals surface area contributed by atoms with Crippen LogP contribution in [0.15, 0.2) is 18.2 Å². The first-order chi connectivity index (χ1) is 34.6. The van der Waals surface area contributed by atoms with Crippen LogP contribution in [0.4, 0.5) is 20.6 Å². The maximum absolute atomic E-state index is 15.2. The summed E-state index contributed by atoms with van der Waals surface area (Å²) in [6, 6.07) is 3.81. The number of anilines is 2. The lowest BCUT2D eigenvalue weighted by Gasteiger charge is -2.49. The van der Waals surface area contributed by atoms with Gasteiger partial charge in [0.15, 0.2) is 12.6 Å². The fraction of sp³-hybridized carbons (Fsp3) is 0.808. The summed E-state index contributed by atoms with van der Waals surface area (Å²) < 4.78 is 63.7. The van der Waals surface area contributed by atoms with Crippen LogP contribution < -0.4 is 15.1 Å². The molecule has 5 heterocycles. The Hall–Kier alpha value is -3.65. The van der Waals surface area contributed by atoms with E-state index >= 15 is 4.39 Å². The Morgan fingerprint density at radius 2 is 1.61 bits per heavy atom. The van der Waals surface area contributed by atoms with Crippen molar-refractivity contribution in [2.75, 3.05) is 69.9 Å². The van der Waals surface area contributed by atoms with Crippen LogP contribution in [0.5, 0.6) is 0 Å². The second kappa shape index (κ2) is 24.3. The summed E-state index contributed by atoms with van der Waals surface area (Å²) in [4.78, 5) is 59.7. The first-order valence-electron chi connectivity index (χ1n) is 26.1. The highest BCUT2D eigenvalue weighted by Gasteiger charge is 2.54. The van der Waals surface area contributed by atoms with Crippen molar-refractivity contribution in [3.63, 3.8) is 0 Å². The van der Waals surface area contributed by atoms with Gasteiger partial charge in [-0.15, -0.1) is 0 Å². The number of methoxy groups -OCH3 is 1. The van der Waals surface area contributed by atoms with Gasteiger partial charge in [-0.1, -0.05) is 27.7 Å². The van der Waals surface area contributed by atoms with Gasteiger partial charge in [0.05, 0.1) is 91.9 Å². The van der Waals surface area contributed by atoms with Crippen LogP contribution in [-0.2, 0) is 52.3 Å². The van der Waals surface area contributed by atoms with E-state index < -0.39 is 144 Å². The number of ketones is 1. The van der Waals surface area contributed by atoms with Crippen LogP contribution in [0, 0.1) is 29.5 Å². The molecular formula is C52H83FN4O17. The van der Waals surface area contributed by atoms with Crippen molar-refractivity contribution in [2.45, 2.75) is 185 Å². The molecule has 0 unspecified atom stereocenters. The van der Waals surface area contributed by atoms with E-state index in [0.717, 1.165) is 0 Å². The van der Waals surface area contributed by atoms with Gasteiger partial charge in [0.25, 0.3) is 0 Å². The number of carbonyl (C=O) groups is 4. The molecule has 5 aliphatic heterocycles. The number of cyclic esters (lactones) is 2. The first-order valence-corrected chi connectivity index (χ1v) is 26.1. The van der Waals surface area contributed by atoms with Crippen LogP contribution in [0.3, 0.4) is 0 Å². The van der Waals surface area contributed by atoms with Crippen LogP contribution in [-0.4, -0.2) is 205 Å². The number of ether oxygens (including phenoxy) is 8. The Labute approximate surface area is 434 Å². The quantitative estimate of drug-likeness (QED) is 0.155. The minimum Gasteiger partial charge on any atom is -0.459 e. The van der Waals surface area contributed by atoms with Gasteiger partial charge >= 0.3 is 12.1 Å². The molecule has 0 bridgehead atoms. The Balaban J connectivity index is 1.20. The number of aliphatic hydroxyl groups is 5. The molecular weight excluding hydrogens is 972 g/mol. The number of nitrogens with zero attached hydrogens (tertiary/aromatic N) is 3. The first kappa shape index (κ1) is 59.6. The number of benzene rings is 1. The summed E-state index contributed by atoms with van der Waals surface area (Å²) in [7, 11) is 3.10. The zero-order valence-electron chi connectivity index (χ0n) is 45.1. The molecule has 21 nitrogen and oxygen atoms in total. The molecule has 6 rings (SSSR count). The summed E-state index contributed by atoms with van der Waals surface area (Å²) in [5.74, 6) is -6.52. The number of hydrogen-bond acceptors (Lipinski definition) is 19. The number of morpholine rings is 1. The predicted octanol–water partition coefficient (Wildman–Crippen LogP) is 2.27. The summed E-state index contributed by atoms with van der Waals surface area (Å²) in [5.41, 5.74) is -4.43. The summed E-state index contributed by atoms with van der Waals surface area (Å²) in [5, 5.41) is 61.9. The van der Waals surface area contributed by atoms with Crippen LogP contribution in [0.1, 0.15) is 94.9 Å². The second-order valence-corrected chi connectivity index (χ2v) is 22.1. The molecule has 0 aliphatic carbocycles. The van der Waals surface area contributed by atoms with Gasteiger partial charge in [-0.25, -0.2) is 9.18 Å². The molecule has 22 heteroatoms. The monoisotopic (exact) mass is 1050 g/mol. The maximum Gasteiger partial charge on any atom is 0.414 e. The normalized spacial score (nSPS) is 41.1. The molecule has 0 radical (unpaired) electrons. The van der Waals surface area contributed by atoms with Crippen molar-refractivity contribution in [1.29, 1.82) is 0 Å². The van der Waals surface area contributed by atoms with Crippen LogP contribution in [0.25, 0.3) is 0 Å². The topological polar surface area (TPSA) is 265 Å². The van der Waals surface area contributed by atoms with E-state index in [2.05, 4.69) is 5.32 Å². The van der Waals surface area contributed by atoms with E-state index in [1.165, 1.54) is 38.8 Å². The molecule has 5 aliphatic rings. The SMILES string of the molecule is CC[C@H]1OC(=O)[C@H](C)[C@@H](O[C@@H]2C[C@@](C)(OC)[C@@H](O)[C@H](C)O2)[C@H](C)[C@@H](O[C@@H]2O[C@H](C)C[C@H](N(C)CC(=O)NC[C@H]3CN(c4ccc(N5CCOCC5)c(F)c4)C(=O)O3)[C@H]2O)[C@](C)(O)C[C@@H](C)C(=O)[C@H](C)[C@@H](O)[C@]1(C)O. The van der Waals surface area contributed by atoms with Gasteiger partial charge in [-0.05, 0) is 86.1 Å². The minimum absolute atomic E-state index is 0.0172. The highest BCUT2D eigenvalue weighted by atomic mass is 19.1. The Morgan fingerprint density at radius 3 is 2.24 bits per heavy atom. The zero-order chi connectivity index (χ0) is 54.8. The summed E-state index contributed by atoms with van der Waals surface area (Å²) >= 11 is 0. The average molecular weight is 1060 g/mol. The van der Waals surface area contributed by atoms with Crippen molar-refractivity contribution in [3.05, 3.63) is 24.0 Å². The molecule has 0 saturated carbocycles. The molecule has 5 saturated heterocycles. The summed E-state index contributed by atoms with van der Waals surface area (Å²) in [6.45, 7) is 17.7. The van der Waals surface area contributed by atoms with E-state index in [0.29, 0.717) is 37.7 Å². The highest BCUT2D eigenvalue weighted by Crippen LogP contribution is 2.41. The van der Waals surface area contributed by atoms with Gasteiger partial charge in [0.2, 0.25) is 5.91 Å². The van der Waals surface area contributed by atoms with E-state index in [-0.39, 0.29) is 45.3 Å². The maximum atomic E-state index is 15.2. The number of esters is 1. The molecule has 420 valence electrons. The third-order valence-electron chi connectivity index (χ3n) is 16.1. The molecule has 19 atom stereocenters. The number of aliphatic hydroxyl groups excluding tert-OH is 3. The molecule has 2 amide bonds. The molecule has 0 spiro atoms. The molecule has 74 heavy (non-hydrogen) atoms. The van der Waals surface area contributed by atoms with E-state index in [9.17, 15) is 44.7 Å². The second-order valence-electron chi connectivity index (χ2n) is 22.1. The number of Topliss-reactive ketones (excluding diaryl/α,β-unsaturated/α-hetero) is 1. The van der Waals surface area contributed by atoms with Crippen LogP contribution in [0.2, 0.25) is 0 Å². The van der Waals surface area contributed by atoms with Crippen molar-refractivity contribution in [2.24, 2.45) is 23.7 Å². The predicted molar refractivity (Wildman–Crippen MR) is 265 cm³/mol. The van der Waals surface area contributed by atoms with Crippen LogP contribution >= 0.6 is 0 Å². The van der Waals surface area contributed by atoms with E-state index in [1.807, 2.05) is 4.90 Å². The number of hydrogen-bond donors (Lipinski definition) is 6. The van der Waals surface area contributed by atoms with Gasteiger partial charge in [0, 0.05) is 50.4 Å². The number of nitrogens with one attached hydrogen (secondary N) is 1. The minimum atomic E-state index is -2.07. The lowest BCUT2D eigenvalue weighted by atomic mass is 9.74. The Morgan fingerprint density at radius 1 is 0.932 bits per heavy atom. The Kier molecular flexibility index (Phi) is 19.6. The molecule has 0 aromatic heterocycles. The number of likely N-dealkylation sites (N-methyl/N-ethyl adjacent to an activating group) is 1. The van der Waals surface area contributed by atoms with Gasteiger partial charge < -0.3 is 73.6 Å². The van der Waals surface area contributed by atoms with E-state index in [4.69, 9.17) is 37.9 Å². The largest absolute Gasteiger partial charge is 0.459 e. The standard InChI is InChI=1S/C52H83FN4O17/c1-13-38-52(10,66)44(61)29(4)41(59)27(2)22-50(8,65)46(30(5)43(31(6)47(63)72-38)73-40-23-51(9,67-12)45(62)32(7)70-40)74-48-42(60)37(20-28(3)69-48)55(11)26-39(58)54-24-34-25-57(49(64)71-34)33-14-15-36(35(53)21-33)56-16-18-68-19-17-56/h14-15,21,27-32,34,37-38,40,42-46,48,60-62,65-66H,13,16-20,22-26H2,1-12H3,(H,54,58)/t27-,28-,29+,30+,31-,32+,34+,37+,38-,40-,42-,43+,44-,45+,46-,48+,50-,51-,52-/m1/s1. The van der Waals surface area contributed by atoms with Gasteiger partial charge in [0.1, 0.15) is 41.6 Å². The van der Waals surface area contributed by atoms with Gasteiger partial charge in [-0.3, -0.25) is 24.2 Å². The molecule has 6 N–H and O–H groups in total. The summed E-state index contributed by atoms with van der Waals surface area (Å²) in [6.07, 6.45) is -13.2. The van der Waals surface area contributed by atoms with Gasteiger partial charge in [-0.2, -0.15) is 0 Å². The fourth-order valence-electron chi connectivity index (χ4n) is 11.5. The van der Waals surface area contributed by atoms with Crippen molar-refractivity contribution in [1.82, 2.24) is 10.2 Å². The Bertz CT molecular complexity index is 2100. The lowest BCUT2D eigenvalue weighted by Crippen LogP contribution is -2.61. The van der Waals surface area contributed by atoms with Crippen molar-refractivity contribution in [3.8, 4) is 0 Å². The van der Waals surface area contributed by atoms with Crippen molar-refractivity contribution < 1.29 is 87.0 Å². The number of rotatable bonds is 13. The van der Waals surface area contributed by atoms with Crippen molar-refractivity contribution >= 4 is 35.1 Å². The zero-order valence-corrected chi connectivity index (χ0v) is 45.1. The fourth-order valence-corrected chi connectivity index (χ4v) is 11.5. The third kappa shape index (κ3) is 13.2. The average Bonchev–Trinajstić information content (AvgIpc) is 3.74. The molecule has 5 fully saturated rings. The number of amides is 2. The highest BCUT2D eigenvalue weighted by molar-refractivity contribution is 5.90. The number of carbonyl (C=O) groups excluding carboxylic acids is 4. The smallest absolute Gasteiger partial charge is 0.414 e. The molecule has 1 aromatic carbocycles. The molecule has 1 aromatic rings. The number of halogens is 1.